The number of carbonyl (C=O) groups is 1. The zero-order chi connectivity index (χ0) is 19.3. The molecule has 1 N–H and O–H groups in total. The quantitative estimate of drug-likeness (QED) is 0.716. The first-order chi connectivity index (χ1) is 13.1. The summed E-state index contributed by atoms with van der Waals surface area (Å²) in [5.41, 5.74) is 2.56. The van der Waals surface area contributed by atoms with Gasteiger partial charge in [-0.2, -0.15) is 0 Å². The van der Waals surface area contributed by atoms with Crippen molar-refractivity contribution >= 4 is 5.78 Å². The average Bonchev–Trinajstić information content (AvgIpc) is 3.50. The third-order valence-corrected chi connectivity index (χ3v) is 6.53. The average molecular weight is 374 g/mol. The molecular weight excluding hydrogens is 338 g/mol. The van der Waals surface area contributed by atoms with E-state index in [1.54, 1.807) is 7.11 Å². The van der Waals surface area contributed by atoms with Crippen molar-refractivity contribution in [3.05, 3.63) is 29.3 Å². The molecule has 0 amide bonds. The summed E-state index contributed by atoms with van der Waals surface area (Å²) >= 11 is 0. The van der Waals surface area contributed by atoms with Gasteiger partial charge in [-0.15, -0.1) is 0 Å². The first-order valence-electron chi connectivity index (χ1n) is 10.6. The molecule has 1 aromatic carbocycles. The van der Waals surface area contributed by atoms with Crippen LogP contribution in [0.5, 0.6) is 5.75 Å². The second-order valence-electron chi connectivity index (χ2n) is 8.44. The number of ketones is 1. The minimum atomic E-state index is -0.126. The first kappa shape index (κ1) is 20.3. The second-order valence-corrected chi connectivity index (χ2v) is 8.44. The van der Waals surface area contributed by atoms with Crippen LogP contribution >= 0.6 is 0 Å². The van der Waals surface area contributed by atoms with Gasteiger partial charge >= 0.3 is 0 Å². The number of hydrogen-bond donors (Lipinski definition) is 1. The van der Waals surface area contributed by atoms with Crippen LogP contribution in [-0.2, 0) is 16.6 Å². The van der Waals surface area contributed by atoms with Crippen LogP contribution in [0.15, 0.2) is 18.2 Å². The standard InChI is InChI=1S/C23H35NO3/c1-3-23(16-20(26)5-4-14-25)11-13-24(17-18-6-7-18)12-10-19-8-9-21(27-2)15-22(19)23/h8-9,15,18,25H,3-7,10-14,16-17H2,1-2H3. The van der Waals surface area contributed by atoms with Crippen molar-refractivity contribution in [1.82, 2.24) is 4.90 Å². The van der Waals surface area contributed by atoms with Crippen molar-refractivity contribution in [3.8, 4) is 5.75 Å². The third-order valence-electron chi connectivity index (χ3n) is 6.53. The fraction of sp³-hybridized carbons (Fsp3) is 0.696. The van der Waals surface area contributed by atoms with Gasteiger partial charge in [0.15, 0.2) is 0 Å². The van der Waals surface area contributed by atoms with E-state index in [9.17, 15) is 4.79 Å². The number of benzene rings is 1. The van der Waals surface area contributed by atoms with Gasteiger partial charge in [-0.05, 0) is 74.2 Å². The van der Waals surface area contributed by atoms with E-state index in [0.717, 1.165) is 44.0 Å². The van der Waals surface area contributed by atoms with Gasteiger partial charge in [0.05, 0.1) is 7.11 Å². The van der Waals surface area contributed by atoms with Gasteiger partial charge in [0.1, 0.15) is 11.5 Å². The van der Waals surface area contributed by atoms with E-state index in [0.29, 0.717) is 19.3 Å². The smallest absolute Gasteiger partial charge is 0.133 e. The highest BCUT2D eigenvalue weighted by molar-refractivity contribution is 5.80. The van der Waals surface area contributed by atoms with Gasteiger partial charge in [0.25, 0.3) is 0 Å². The number of nitrogens with zero attached hydrogens (tertiary/aromatic N) is 1. The number of rotatable bonds is 9. The monoisotopic (exact) mass is 373 g/mol. The molecule has 1 unspecified atom stereocenters. The molecular formula is C23H35NO3. The lowest BCUT2D eigenvalue weighted by Crippen LogP contribution is -2.40. The fourth-order valence-electron chi connectivity index (χ4n) is 4.56. The Morgan fingerprint density at radius 3 is 2.81 bits per heavy atom. The van der Waals surface area contributed by atoms with E-state index in [-0.39, 0.29) is 17.8 Å². The fourth-order valence-corrected chi connectivity index (χ4v) is 4.56. The van der Waals surface area contributed by atoms with Gasteiger partial charge in [0, 0.05) is 38.0 Å². The van der Waals surface area contributed by atoms with Crippen molar-refractivity contribution in [1.29, 1.82) is 0 Å². The number of aliphatic hydroxyl groups is 1. The Hall–Kier alpha value is -1.39. The van der Waals surface area contributed by atoms with E-state index in [1.807, 2.05) is 0 Å². The molecule has 1 heterocycles. The molecule has 1 atom stereocenters. The van der Waals surface area contributed by atoms with Crippen LogP contribution in [0.25, 0.3) is 0 Å². The minimum Gasteiger partial charge on any atom is -0.497 e. The molecule has 27 heavy (non-hydrogen) atoms. The number of fused-ring (bicyclic) bond motifs is 1. The summed E-state index contributed by atoms with van der Waals surface area (Å²) in [6.45, 7) is 5.69. The molecule has 0 spiro atoms. The van der Waals surface area contributed by atoms with Crippen LogP contribution in [-0.4, -0.2) is 49.1 Å². The first-order valence-corrected chi connectivity index (χ1v) is 10.6. The zero-order valence-electron chi connectivity index (χ0n) is 17.0. The molecule has 4 nitrogen and oxygen atoms in total. The van der Waals surface area contributed by atoms with Crippen molar-refractivity contribution in [2.45, 2.75) is 63.7 Å². The Morgan fingerprint density at radius 1 is 1.33 bits per heavy atom. The van der Waals surface area contributed by atoms with E-state index < -0.39 is 0 Å². The summed E-state index contributed by atoms with van der Waals surface area (Å²) in [6, 6.07) is 6.44. The summed E-state index contributed by atoms with van der Waals surface area (Å²) in [5.74, 6) is 2.04. The van der Waals surface area contributed by atoms with Gasteiger partial charge in [-0.25, -0.2) is 0 Å². The number of methoxy groups -OCH3 is 1. The Balaban J connectivity index is 1.90. The van der Waals surface area contributed by atoms with Crippen molar-refractivity contribution in [2.24, 2.45) is 5.92 Å². The highest BCUT2D eigenvalue weighted by Gasteiger charge is 2.37. The Kier molecular flexibility index (Phi) is 6.93. The van der Waals surface area contributed by atoms with Crippen LogP contribution in [0.3, 0.4) is 0 Å². The highest BCUT2D eigenvalue weighted by Crippen LogP contribution is 2.41. The minimum absolute atomic E-state index is 0.0877. The molecule has 0 saturated heterocycles. The lowest BCUT2D eigenvalue weighted by Gasteiger charge is -2.39. The maximum atomic E-state index is 12.7. The van der Waals surface area contributed by atoms with Crippen molar-refractivity contribution in [3.63, 3.8) is 0 Å². The SMILES string of the molecule is CCC1(CC(=O)CCCO)CCN(CC2CC2)CCc2ccc(OC)cc21. The van der Waals surface area contributed by atoms with E-state index >= 15 is 0 Å². The van der Waals surface area contributed by atoms with E-state index in [2.05, 4.69) is 30.0 Å². The molecule has 4 heteroatoms. The van der Waals surface area contributed by atoms with Gasteiger partial charge in [-0.1, -0.05) is 13.0 Å². The van der Waals surface area contributed by atoms with Crippen LogP contribution in [0, 0.1) is 5.92 Å². The summed E-state index contributed by atoms with van der Waals surface area (Å²) in [4.78, 5) is 15.3. The van der Waals surface area contributed by atoms with Crippen LogP contribution < -0.4 is 4.74 Å². The maximum Gasteiger partial charge on any atom is 0.133 e. The van der Waals surface area contributed by atoms with Crippen LogP contribution in [0.2, 0.25) is 0 Å². The lowest BCUT2D eigenvalue weighted by molar-refractivity contribution is -0.120. The van der Waals surface area contributed by atoms with Crippen molar-refractivity contribution < 1.29 is 14.6 Å². The Labute approximate surface area is 163 Å². The summed E-state index contributed by atoms with van der Waals surface area (Å²) in [5, 5.41) is 9.10. The van der Waals surface area contributed by atoms with Crippen LogP contribution in [0.4, 0.5) is 0 Å². The summed E-state index contributed by atoms with van der Waals surface area (Å²) in [6.07, 6.45) is 7.38. The van der Waals surface area contributed by atoms with Crippen LogP contribution in [0.1, 0.15) is 63.0 Å². The van der Waals surface area contributed by atoms with Crippen molar-refractivity contribution in [2.75, 3.05) is 33.4 Å². The largest absolute Gasteiger partial charge is 0.497 e. The molecule has 1 aliphatic carbocycles. The highest BCUT2D eigenvalue weighted by atomic mass is 16.5. The third kappa shape index (κ3) is 5.11. The number of carbonyl (C=O) groups excluding carboxylic acids is 1. The Morgan fingerprint density at radius 2 is 2.15 bits per heavy atom. The van der Waals surface area contributed by atoms with Gasteiger partial charge in [-0.3, -0.25) is 4.79 Å². The normalized spacial score (nSPS) is 23.4. The van der Waals surface area contributed by atoms with E-state index in [1.165, 1.54) is 30.5 Å². The molecule has 1 fully saturated rings. The zero-order valence-corrected chi connectivity index (χ0v) is 17.0. The maximum absolute atomic E-state index is 12.7. The number of ether oxygens (including phenoxy) is 1. The Bertz CT molecular complexity index is 641. The number of aliphatic hydroxyl groups excluding tert-OH is 1. The molecule has 3 rings (SSSR count). The van der Waals surface area contributed by atoms with E-state index in [4.69, 9.17) is 9.84 Å². The molecule has 2 aliphatic rings. The molecule has 1 saturated carbocycles. The lowest BCUT2D eigenvalue weighted by atomic mass is 9.68. The topological polar surface area (TPSA) is 49.8 Å². The number of hydrogen-bond acceptors (Lipinski definition) is 4. The predicted molar refractivity (Wildman–Crippen MR) is 108 cm³/mol. The molecule has 0 aromatic heterocycles. The van der Waals surface area contributed by atoms with Gasteiger partial charge < -0.3 is 14.7 Å². The molecule has 0 radical (unpaired) electrons. The molecule has 1 aromatic rings. The summed E-state index contributed by atoms with van der Waals surface area (Å²) in [7, 11) is 1.71. The molecule has 150 valence electrons. The number of Topliss-reactive ketones (excluding diaryl/α,β-unsaturated/α-hetero) is 1. The molecule has 1 aliphatic heterocycles. The molecule has 0 bridgehead atoms. The van der Waals surface area contributed by atoms with Gasteiger partial charge in [0.2, 0.25) is 0 Å². The predicted octanol–water partition coefficient (Wildman–Crippen LogP) is 3.73. The second kappa shape index (κ2) is 9.20. The summed E-state index contributed by atoms with van der Waals surface area (Å²) < 4.78 is 5.51.